The Hall–Kier alpha value is -3.68. The zero-order chi connectivity index (χ0) is 26.4. The van der Waals surface area contributed by atoms with Gasteiger partial charge in [0.15, 0.2) is 5.78 Å². The molecule has 0 aliphatic carbocycles. The topological polar surface area (TPSA) is 87.7 Å². The van der Waals surface area contributed by atoms with E-state index in [4.69, 9.17) is 16.3 Å². The number of nitrogens with zero attached hydrogens (tertiary/aromatic N) is 1. The van der Waals surface area contributed by atoms with Gasteiger partial charge in [0.25, 0.3) is 5.91 Å². The van der Waals surface area contributed by atoms with Gasteiger partial charge in [0, 0.05) is 17.3 Å². The molecule has 0 aromatic heterocycles. The molecule has 4 atom stereocenters. The van der Waals surface area contributed by atoms with Crippen LogP contribution in [0.1, 0.15) is 39.9 Å². The largest absolute Gasteiger partial charge is 0.496 e. The van der Waals surface area contributed by atoms with Gasteiger partial charge < -0.3 is 15.4 Å². The minimum Gasteiger partial charge on any atom is -0.496 e. The van der Waals surface area contributed by atoms with Crippen LogP contribution in [0.3, 0.4) is 0 Å². The van der Waals surface area contributed by atoms with Crippen molar-refractivity contribution in [1.29, 1.82) is 0 Å². The molecule has 2 spiro atoms. The lowest BCUT2D eigenvalue weighted by Crippen LogP contribution is -2.62. The Labute approximate surface area is 225 Å². The van der Waals surface area contributed by atoms with E-state index >= 15 is 0 Å². The van der Waals surface area contributed by atoms with E-state index in [1.54, 1.807) is 18.2 Å². The second-order valence-corrected chi connectivity index (χ2v) is 11.0. The molecule has 38 heavy (non-hydrogen) atoms. The van der Waals surface area contributed by atoms with Gasteiger partial charge in [-0.3, -0.25) is 19.3 Å². The molecule has 4 aliphatic heterocycles. The third-order valence-corrected chi connectivity index (χ3v) is 9.25. The van der Waals surface area contributed by atoms with E-state index in [1.165, 1.54) is 7.11 Å². The summed E-state index contributed by atoms with van der Waals surface area (Å²) in [5.41, 5.74) is 0.765. The number of anilines is 2. The number of ether oxygens (including phenoxy) is 1. The number of rotatable bonds is 3. The monoisotopic (exact) mass is 527 g/mol. The molecule has 3 aromatic carbocycles. The number of methoxy groups -OCH3 is 1. The van der Waals surface area contributed by atoms with Gasteiger partial charge in [-0.05, 0) is 61.7 Å². The van der Waals surface area contributed by atoms with Crippen LogP contribution in [0, 0.1) is 12.8 Å². The maximum absolute atomic E-state index is 14.7. The van der Waals surface area contributed by atoms with Crippen LogP contribution in [0.5, 0.6) is 5.75 Å². The molecule has 8 heteroatoms. The predicted molar refractivity (Wildman–Crippen MR) is 144 cm³/mol. The summed E-state index contributed by atoms with van der Waals surface area (Å²) >= 11 is 6.69. The lowest BCUT2D eigenvalue weighted by Gasteiger charge is -2.43. The van der Waals surface area contributed by atoms with E-state index in [1.807, 2.05) is 49.4 Å². The van der Waals surface area contributed by atoms with E-state index < -0.39 is 16.9 Å². The van der Waals surface area contributed by atoms with Gasteiger partial charge >= 0.3 is 0 Å². The number of Topliss-reactive ketones (excluding diaryl/α,β-unsaturated/α-hetero) is 1. The number of benzene rings is 3. The van der Waals surface area contributed by atoms with Gasteiger partial charge in [-0.15, -0.1) is 0 Å². The summed E-state index contributed by atoms with van der Waals surface area (Å²) in [6.45, 7) is 2.50. The van der Waals surface area contributed by atoms with Crippen molar-refractivity contribution in [2.75, 3.05) is 24.3 Å². The number of ketones is 1. The van der Waals surface area contributed by atoms with Gasteiger partial charge in [-0.1, -0.05) is 48.0 Å². The SMILES string of the molecule is COc1ccccc1C(=O)[C@@H]1[C@H]2CCCN2[C@@]2(C(=O)Nc3c(Cl)cc(C)cc32)[C@]12C(=O)Nc1ccccc12. The van der Waals surface area contributed by atoms with Crippen LogP contribution < -0.4 is 15.4 Å². The first-order chi connectivity index (χ1) is 18.4. The lowest BCUT2D eigenvalue weighted by molar-refractivity contribution is -0.137. The number of carbonyl (C=O) groups is 3. The number of carbonyl (C=O) groups excluding carboxylic acids is 3. The summed E-state index contributed by atoms with van der Waals surface area (Å²) in [5, 5.41) is 6.51. The third-order valence-electron chi connectivity index (χ3n) is 8.96. The van der Waals surface area contributed by atoms with Gasteiger partial charge in [0.1, 0.15) is 16.7 Å². The van der Waals surface area contributed by atoms with Crippen LogP contribution in [0.15, 0.2) is 60.7 Å². The zero-order valence-corrected chi connectivity index (χ0v) is 21.8. The lowest BCUT2D eigenvalue weighted by atomic mass is 9.57. The van der Waals surface area contributed by atoms with Crippen LogP contribution in [0.4, 0.5) is 11.4 Å². The number of hydrogen-bond donors (Lipinski definition) is 2. The highest BCUT2D eigenvalue weighted by Crippen LogP contribution is 2.68. The normalized spacial score (nSPS) is 28.8. The van der Waals surface area contributed by atoms with Crippen LogP contribution in [-0.2, 0) is 20.5 Å². The molecule has 192 valence electrons. The number of halogens is 1. The van der Waals surface area contributed by atoms with Gasteiger partial charge in [-0.25, -0.2) is 0 Å². The fourth-order valence-electron chi connectivity index (χ4n) is 7.79. The minimum absolute atomic E-state index is 0.205. The fraction of sp³-hybridized carbons (Fsp3) is 0.300. The average molecular weight is 528 g/mol. The van der Waals surface area contributed by atoms with Crippen LogP contribution in [0.25, 0.3) is 0 Å². The van der Waals surface area contributed by atoms with Crippen molar-refractivity contribution in [3.63, 3.8) is 0 Å². The van der Waals surface area contributed by atoms with Crippen molar-refractivity contribution in [2.24, 2.45) is 5.92 Å². The smallest absolute Gasteiger partial charge is 0.251 e. The Morgan fingerprint density at radius 1 is 1.03 bits per heavy atom. The van der Waals surface area contributed by atoms with Crippen molar-refractivity contribution in [2.45, 2.75) is 36.8 Å². The summed E-state index contributed by atoms with van der Waals surface area (Å²) in [7, 11) is 1.53. The fourth-order valence-corrected chi connectivity index (χ4v) is 8.11. The standard InChI is InChI=1S/C30H26ClN3O4/c1-16-14-19-25(20(31)15-16)33-28(37)30(19)29(18-9-4-5-10-21(18)32-27(29)36)24(22-11-7-13-34(22)30)26(35)17-8-3-6-12-23(17)38-2/h3-6,8-10,12,14-15,22,24H,7,11,13H2,1-2H3,(H,32,36)(H,33,37)/t22-,24+,29+,30+/m1/s1. The second-order valence-electron chi connectivity index (χ2n) is 10.6. The highest BCUT2D eigenvalue weighted by molar-refractivity contribution is 6.35. The van der Waals surface area contributed by atoms with Crippen LogP contribution in [0.2, 0.25) is 5.02 Å². The summed E-state index contributed by atoms with van der Waals surface area (Å²) in [6.07, 6.45) is 1.50. The van der Waals surface area contributed by atoms with E-state index in [9.17, 15) is 14.4 Å². The number of para-hydroxylation sites is 2. The number of fused-ring (bicyclic) bond motifs is 7. The molecule has 0 radical (unpaired) electrons. The molecule has 0 bridgehead atoms. The number of hydrogen-bond acceptors (Lipinski definition) is 5. The van der Waals surface area contributed by atoms with Crippen molar-refractivity contribution in [3.8, 4) is 5.75 Å². The van der Waals surface area contributed by atoms with Crippen molar-refractivity contribution in [3.05, 3.63) is 87.9 Å². The molecule has 2 fully saturated rings. The van der Waals surface area contributed by atoms with Crippen LogP contribution >= 0.6 is 11.6 Å². The van der Waals surface area contributed by atoms with Gasteiger partial charge in [0.05, 0.1) is 29.3 Å². The first-order valence-corrected chi connectivity index (χ1v) is 13.2. The van der Waals surface area contributed by atoms with Gasteiger partial charge in [0.2, 0.25) is 5.91 Å². The Balaban J connectivity index is 1.61. The molecule has 2 saturated heterocycles. The highest BCUT2D eigenvalue weighted by Gasteiger charge is 2.81. The Bertz CT molecular complexity index is 1570. The van der Waals surface area contributed by atoms with Crippen LogP contribution in [-0.4, -0.2) is 42.2 Å². The molecular weight excluding hydrogens is 502 g/mol. The quantitative estimate of drug-likeness (QED) is 0.483. The summed E-state index contributed by atoms with van der Waals surface area (Å²) in [4.78, 5) is 45.9. The van der Waals surface area contributed by atoms with Crippen molar-refractivity contribution >= 4 is 40.6 Å². The summed E-state index contributed by atoms with van der Waals surface area (Å²) in [5.74, 6) is -1.26. The molecule has 2 amide bonds. The average Bonchev–Trinajstić information content (AvgIpc) is 3.63. The second kappa shape index (κ2) is 7.91. The highest BCUT2D eigenvalue weighted by atomic mass is 35.5. The molecule has 4 heterocycles. The van der Waals surface area contributed by atoms with E-state index in [0.717, 1.165) is 12.0 Å². The first-order valence-electron chi connectivity index (χ1n) is 12.8. The van der Waals surface area contributed by atoms with Gasteiger partial charge in [-0.2, -0.15) is 0 Å². The molecule has 0 saturated carbocycles. The molecule has 3 aromatic rings. The first kappa shape index (κ1) is 23.4. The summed E-state index contributed by atoms with van der Waals surface area (Å²) < 4.78 is 5.58. The maximum Gasteiger partial charge on any atom is 0.251 e. The number of aryl methyl sites for hydroxylation is 1. The molecule has 0 unspecified atom stereocenters. The predicted octanol–water partition coefficient (Wildman–Crippen LogP) is 4.67. The maximum atomic E-state index is 14.7. The van der Waals surface area contributed by atoms with E-state index in [2.05, 4.69) is 15.5 Å². The molecule has 7 nitrogen and oxygen atoms in total. The molecule has 4 aliphatic rings. The molecule has 7 rings (SSSR count). The summed E-state index contributed by atoms with van der Waals surface area (Å²) in [6, 6.07) is 17.9. The Kier molecular flexibility index (Phi) is 4.88. The number of nitrogens with one attached hydrogen (secondary N) is 2. The molecule has 2 N–H and O–H groups in total. The van der Waals surface area contributed by atoms with Crippen molar-refractivity contribution in [1.82, 2.24) is 4.90 Å². The minimum atomic E-state index is -1.51. The van der Waals surface area contributed by atoms with Crippen molar-refractivity contribution < 1.29 is 19.1 Å². The van der Waals surface area contributed by atoms with E-state index in [0.29, 0.717) is 51.8 Å². The van der Waals surface area contributed by atoms with E-state index in [-0.39, 0.29) is 23.6 Å². The third kappa shape index (κ3) is 2.56. The molecular formula is C30H26ClN3O4. The number of amides is 2. The Morgan fingerprint density at radius 2 is 1.79 bits per heavy atom. The Morgan fingerprint density at radius 3 is 2.61 bits per heavy atom. The zero-order valence-electron chi connectivity index (χ0n) is 21.0.